The second-order valence-electron chi connectivity index (χ2n) is 3.24. The smallest absolute Gasteiger partial charge is 0.213 e. The average molecular weight is 224 g/mol. The van der Waals surface area contributed by atoms with Gasteiger partial charge in [-0.05, 0) is 20.9 Å². The van der Waals surface area contributed by atoms with Crippen LogP contribution in [0.1, 0.15) is 13.8 Å². The predicted molar refractivity (Wildman–Crippen MR) is 56.8 cm³/mol. The Balaban J connectivity index is 3.62. The van der Waals surface area contributed by atoms with Crippen LogP contribution in [0, 0.1) is 0 Å². The summed E-state index contributed by atoms with van der Waals surface area (Å²) in [6, 6.07) is 0. The topological polar surface area (TPSA) is 67.4 Å². The molecule has 0 saturated carbocycles. The van der Waals surface area contributed by atoms with Crippen molar-refractivity contribution in [2.75, 3.05) is 32.5 Å². The molecule has 0 aromatic carbocycles. The average Bonchev–Trinajstić information content (AvgIpc) is 2.03. The Morgan fingerprint density at radius 3 is 2.43 bits per heavy atom. The molecule has 0 saturated heterocycles. The maximum absolute atomic E-state index is 11.3. The van der Waals surface area contributed by atoms with E-state index in [0.29, 0.717) is 13.1 Å². The molecule has 0 atom stereocenters. The zero-order valence-corrected chi connectivity index (χ0v) is 9.86. The first-order chi connectivity index (χ1) is 6.48. The summed E-state index contributed by atoms with van der Waals surface area (Å²) in [5, 5.41) is 2.86. The number of ether oxygens (including phenoxy) is 1. The lowest BCUT2D eigenvalue weighted by molar-refractivity contribution is 0.0911. The van der Waals surface area contributed by atoms with E-state index in [-0.39, 0.29) is 18.5 Å². The van der Waals surface area contributed by atoms with Gasteiger partial charge >= 0.3 is 0 Å². The largest absolute Gasteiger partial charge is 0.378 e. The van der Waals surface area contributed by atoms with Crippen molar-refractivity contribution in [3.8, 4) is 0 Å². The standard InChI is InChI=1S/C8H20N2O3S/c1-8(2)13-6-7-14(11,12)10-5-4-9-3/h8-10H,4-7H2,1-3H3. The third kappa shape index (κ3) is 8.43. The van der Waals surface area contributed by atoms with Gasteiger partial charge in [-0.2, -0.15) is 0 Å². The van der Waals surface area contributed by atoms with Crippen molar-refractivity contribution < 1.29 is 13.2 Å². The normalized spacial score (nSPS) is 12.3. The van der Waals surface area contributed by atoms with E-state index in [1.807, 2.05) is 13.8 Å². The molecule has 0 aromatic heterocycles. The molecule has 0 aliphatic heterocycles. The van der Waals surface area contributed by atoms with Gasteiger partial charge in [-0.15, -0.1) is 0 Å². The van der Waals surface area contributed by atoms with E-state index in [9.17, 15) is 8.42 Å². The van der Waals surface area contributed by atoms with Crippen LogP contribution in [0.5, 0.6) is 0 Å². The van der Waals surface area contributed by atoms with Crippen molar-refractivity contribution in [3.63, 3.8) is 0 Å². The Labute approximate surface area is 86.3 Å². The summed E-state index contributed by atoms with van der Waals surface area (Å²) >= 11 is 0. The van der Waals surface area contributed by atoms with Gasteiger partial charge in [-0.1, -0.05) is 0 Å². The van der Waals surface area contributed by atoms with Crippen molar-refractivity contribution in [1.82, 2.24) is 10.0 Å². The lowest BCUT2D eigenvalue weighted by Gasteiger charge is -2.08. The number of hydrogen-bond acceptors (Lipinski definition) is 4. The number of sulfonamides is 1. The Morgan fingerprint density at radius 1 is 1.29 bits per heavy atom. The molecule has 0 aliphatic carbocycles. The molecule has 0 radical (unpaired) electrons. The number of hydrogen-bond donors (Lipinski definition) is 2. The Bertz CT molecular complexity index is 227. The first-order valence-electron chi connectivity index (χ1n) is 4.71. The van der Waals surface area contributed by atoms with Crippen molar-refractivity contribution in [3.05, 3.63) is 0 Å². The molecule has 0 aromatic rings. The monoisotopic (exact) mass is 224 g/mol. The molecule has 0 fully saturated rings. The van der Waals surface area contributed by atoms with Gasteiger partial charge in [0, 0.05) is 13.1 Å². The molecule has 0 rings (SSSR count). The molecule has 14 heavy (non-hydrogen) atoms. The lowest BCUT2D eigenvalue weighted by atomic mass is 10.5. The number of nitrogens with one attached hydrogen (secondary N) is 2. The van der Waals surface area contributed by atoms with E-state index in [4.69, 9.17) is 4.74 Å². The summed E-state index contributed by atoms with van der Waals surface area (Å²) in [5.74, 6) is 0.0227. The van der Waals surface area contributed by atoms with Gasteiger partial charge in [-0.3, -0.25) is 0 Å². The maximum atomic E-state index is 11.3. The molecule has 0 spiro atoms. The highest BCUT2D eigenvalue weighted by molar-refractivity contribution is 7.89. The molecule has 0 amide bonds. The van der Waals surface area contributed by atoms with Crippen LogP contribution in [0.25, 0.3) is 0 Å². The van der Waals surface area contributed by atoms with Crippen LogP contribution in [0.15, 0.2) is 0 Å². The Morgan fingerprint density at radius 2 is 1.93 bits per heavy atom. The van der Waals surface area contributed by atoms with Crippen LogP contribution in [0.2, 0.25) is 0 Å². The van der Waals surface area contributed by atoms with E-state index in [1.165, 1.54) is 0 Å². The third-order valence-electron chi connectivity index (χ3n) is 1.50. The lowest BCUT2D eigenvalue weighted by Crippen LogP contribution is -2.33. The first-order valence-corrected chi connectivity index (χ1v) is 6.36. The molecule has 0 aliphatic rings. The van der Waals surface area contributed by atoms with Gasteiger partial charge in [0.1, 0.15) is 0 Å². The minimum absolute atomic E-state index is 0.0227. The summed E-state index contributed by atoms with van der Waals surface area (Å²) in [4.78, 5) is 0. The van der Waals surface area contributed by atoms with Crippen LogP contribution in [0.4, 0.5) is 0 Å². The summed E-state index contributed by atoms with van der Waals surface area (Å²) in [5.41, 5.74) is 0. The highest BCUT2D eigenvalue weighted by atomic mass is 32.2. The summed E-state index contributed by atoms with van der Waals surface area (Å²) in [7, 11) is -1.39. The van der Waals surface area contributed by atoms with Gasteiger partial charge in [0.05, 0.1) is 18.5 Å². The highest BCUT2D eigenvalue weighted by Crippen LogP contribution is 1.90. The van der Waals surface area contributed by atoms with Crippen molar-refractivity contribution >= 4 is 10.0 Å². The molecule has 6 heteroatoms. The van der Waals surface area contributed by atoms with E-state index in [0.717, 1.165) is 0 Å². The molecule has 5 nitrogen and oxygen atoms in total. The molecule has 0 unspecified atom stereocenters. The summed E-state index contributed by atoms with van der Waals surface area (Å²) in [6.45, 7) is 5.04. The predicted octanol–water partition coefficient (Wildman–Crippen LogP) is -0.450. The molecule has 2 N–H and O–H groups in total. The minimum atomic E-state index is -3.16. The van der Waals surface area contributed by atoms with Gasteiger partial charge in [0.25, 0.3) is 0 Å². The van der Waals surface area contributed by atoms with Gasteiger partial charge in [0.15, 0.2) is 0 Å². The molecule has 86 valence electrons. The van der Waals surface area contributed by atoms with Crippen molar-refractivity contribution in [2.24, 2.45) is 0 Å². The zero-order chi connectivity index (χ0) is 11.0. The van der Waals surface area contributed by atoms with Crippen molar-refractivity contribution in [1.29, 1.82) is 0 Å². The van der Waals surface area contributed by atoms with Gasteiger partial charge in [-0.25, -0.2) is 13.1 Å². The van der Waals surface area contributed by atoms with E-state index < -0.39 is 10.0 Å². The summed E-state index contributed by atoms with van der Waals surface area (Å²) < 4.78 is 30.1. The van der Waals surface area contributed by atoms with Crippen LogP contribution in [-0.4, -0.2) is 47.0 Å². The quantitative estimate of drug-likeness (QED) is 0.548. The third-order valence-corrected chi connectivity index (χ3v) is 2.85. The number of likely N-dealkylation sites (N-methyl/N-ethyl adjacent to an activating group) is 1. The van der Waals surface area contributed by atoms with Gasteiger partial charge < -0.3 is 10.1 Å². The Hall–Kier alpha value is -0.170. The molecular weight excluding hydrogens is 204 g/mol. The second-order valence-corrected chi connectivity index (χ2v) is 5.16. The van der Waals surface area contributed by atoms with E-state index in [1.54, 1.807) is 7.05 Å². The summed E-state index contributed by atoms with van der Waals surface area (Å²) in [6.07, 6.45) is 0.0718. The van der Waals surface area contributed by atoms with Crippen molar-refractivity contribution in [2.45, 2.75) is 20.0 Å². The van der Waals surface area contributed by atoms with E-state index in [2.05, 4.69) is 10.0 Å². The fourth-order valence-electron chi connectivity index (χ4n) is 0.797. The minimum Gasteiger partial charge on any atom is -0.378 e. The molecule has 0 bridgehead atoms. The van der Waals surface area contributed by atoms with Gasteiger partial charge in [0.2, 0.25) is 10.0 Å². The molecular formula is C8H20N2O3S. The second kappa shape index (κ2) is 7.17. The first kappa shape index (κ1) is 13.8. The maximum Gasteiger partial charge on any atom is 0.213 e. The molecule has 0 heterocycles. The van der Waals surface area contributed by atoms with Crippen LogP contribution in [0.3, 0.4) is 0 Å². The van der Waals surface area contributed by atoms with Crippen LogP contribution in [-0.2, 0) is 14.8 Å². The van der Waals surface area contributed by atoms with Crippen LogP contribution >= 0.6 is 0 Å². The number of rotatable bonds is 8. The SMILES string of the molecule is CNCCNS(=O)(=O)CCOC(C)C. The van der Waals surface area contributed by atoms with Crippen LogP contribution < -0.4 is 10.0 Å². The fraction of sp³-hybridized carbons (Fsp3) is 1.00. The highest BCUT2D eigenvalue weighted by Gasteiger charge is 2.08. The zero-order valence-electron chi connectivity index (χ0n) is 9.04. The van der Waals surface area contributed by atoms with E-state index >= 15 is 0 Å². The Kier molecular flexibility index (Phi) is 7.08. The fourth-order valence-corrected chi connectivity index (χ4v) is 1.67.